The molecule has 0 unspecified atom stereocenters. The molecule has 88 valence electrons. The molecule has 0 bridgehead atoms. The lowest BCUT2D eigenvalue weighted by Gasteiger charge is -2.21. The van der Waals surface area contributed by atoms with E-state index in [-0.39, 0.29) is 17.0 Å². The van der Waals surface area contributed by atoms with E-state index >= 15 is 0 Å². The second-order valence-electron chi connectivity index (χ2n) is 4.93. The quantitative estimate of drug-likeness (QED) is 0.797. The highest BCUT2D eigenvalue weighted by Gasteiger charge is 2.21. The Hall–Kier alpha value is -1.22. The fourth-order valence-electron chi connectivity index (χ4n) is 1.43. The number of benzene rings is 1. The number of aryl methyl sites for hydroxylation is 1. The summed E-state index contributed by atoms with van der Waals surface area (Å²) < 4.78 is 13.0. The summed E-state index contributed by atoms with van der Waals surface area (Å²) in [4.78, 5) is 11.9. The molecule has 1 rings (SSSR count). The maximum absolute atomic E-state index is 13.0. The third kappa shape index (κ3) is 3.14. The Labute approximate surface area is 95.7 Å². The molecule has 0 aliphatic carbocycles. The van der Waals surface area contributed by atoms with Gasteiger partial charge in [0.15, 0.2) is 5.78 Å². The van der Waals surface area contributed by atoms with Crippen LogP contribution in [0.1, 0.15) is 36.2 Å². The zero-order valence-corrected chi connectivity index (χ0v) is 10.0. The first kappa shape index (κ1) is 12.8. The Kier molecular flexibility index (Phi) is 3.81. The van der Waals surface area contributed by atoms with Crippen LogP contribution >= 0.6 is 0 Å². The van der Waals surface area contributed by atoms with Crippen LogP contribution in [0.15, 0.2) is 18.2 Å². The number of Topliss-reactive ketones (excluding diaryl/α,β-unsaturated/α-hetero) is 1. The molecule has 0 atom stereocenters. The van der Waals surface area contributed by atoms with Crippen molar-refractivity contribution in [1.82, 2.24) is 0 Å². The monoisotopic (exact) mass is 223 g/mol. The van der Waals surface area contributed by atoms with Crippen molar-refractivity contribution in [2.45, 2.75) is 27.2 Å². The summed E-state index contributed by atoms with van der Waals surface area (Å²) in [6.45, 7) is 6.00. The number of carbonyl (C=O) groups is 1. The van der Waals surface area contributed by atoms with Crippen LogP contribution in [0, 0.1) is 18.2 Å². The van der Waals surface area contributed by atoms with Gasteiger partial charge in [-0.25, -0.2) is 4.39 Å². The molecule has 16 heavy (non-hydrogen) atoms. The van der Waals surface area contributed by atoms with Gasteiger partial charge < -0.3 is 5.73 Å². The average Bonchev–Trinajstić information content (AvgIpc) is 2.21. The Bertz CT molecular complexity index is 399. The lowest BCUT2D eigenvalue weighted by atomic mass is 9.85. The van der Waals surface area contributed by atoms with Crippen LogP contribution in [-0.4, -0.2) is 12.3 Å². The Morgan fingerprint density at radius 2 is 2.06 bits per heavy atom. The van der Waals surface area contributed by atoms with E-state index in [0.29, 0.717) is 24.1 Å². The largest absolute Gasteiger partial charge is 0.330 e. The Balaban J connectivity index is 2.85. The fraction of sp³-hybridized carbons (Fsp3) is 0.462. The molecule has 0 saturated heterocycles. The minimum atomic E-state index is -0.283. The highest BCUT2D eigenvalue weighted by Crippen LogP contribution is 2.22. The minimum Gasteiger partial charge on any atom is -0.330 e. The minimum absolute atomic E-state index is 0.0125. The van der Waals surface area contributed by atoms with Crippen LogP contribution < -0.4 is 5.73 Å². The van der Waals surface area contributed by atoms with Crippen molar-refractivity contribution < 1.29 is 9.18 Å². The number of carbonyl (C=O) groups excluding carboxylic acids is 1. The van der Waals surface area contributed by atoms with E-state index in [9.17, 15) is 9.18 Å². The van der Waals surface area contributed by atoms with Crippen LogP contribution in [0.2, 0.25) is 0 Å². The second-order valence-corrected chi connectivity index (χ2v) is 4.93. The van der Waals surface area contributed by atoms with Crippen LogP contribution in [0.5, 0.6) is 0 Å². The normalized spacial score (nSPS) is 11.6. The van der Waals surface area contributed by atoms with E-state index in [4.69, 9.17) is 5.73 Å². The van der Waals surface area contributed by atoms with E-state index in [0.717, 1.165) is 0 Å². The number of nitrogens with two attached hydrogens (primary N) is 1. The van der Waals surface area contributed by atoms with Crippen molar-refractivity contribution in [3.8, 4) is 0 Å². The molecule has 0 amide bonds. The van der Waals surface area contributed by atoms with E-state index in [1.165, 1.54) is 12.1 Å². The Morgan fingerprint density at radius 1 is 1.44 bits per heavy atom. The molecule has 1 aromatic rings. The molecule has 0 heterocycles. The van der Waals surface area contributed by atoms with Gasteiger partial charge >= 0.3 is 0 Å². The molecule has 0 spiro atoms. The van der Waals surface area contributed by atoms with Gasteiger partial charge in [-0.15, -0.1) is 0 Å². The standard InChI is InChI=1S/C13H18FNO/c1-9-6-10(4-5-11(9)14)12(16)7-13(2,3)8-15/h4-6H,7-8,15H2,1-3H3. The van der Waals surface area contributed by atoms with Gasteiger partial charge in [0.25, 0.3) is 0 Å². The topological polar surface area (TPSA) is 43.1 Å². The zero-order chi connectivity index (χ0) is 12.3. The first-order valence-electron chi connectivity index (χ1n) is 5.35. The van der Waals surface area contributed by atoms with E-state index in [1.807, 2.05) is 13.8 Å². The lowest BCUT2D eigenvalue weighted by molar-refractivity contribution is 0.0934. The number of hydrogen-bond donors (Lipinski definition) is 1. The van der Waals surface area contributed by atoms with Gasteiger partial charge in [-0.2, -0.15) is 0 Å². The van der Waals surface area contributed by atoms with Crippen molar-refractivity contribution in [2.75, 3.05) is 6.54 Å². The van der Waals surface area contributed by atoms with Crippen LogP contribution in [0.4, 0.5) is 4.39 Å². The number of hydrogen-bond acceptors (Lipinski definition) is 2. The lowest BCUT2D eigenvalue weighted by Crippen LogP contribution is -2.26. The molecular weight excluding hydrogens is 205 g/mol. The van der Waals surface area contributed by atoms with Crippen molar-refractivity contribution in [2.24, 2.45) is 11.1 Å². The first-order valence-corrected chi connectivity index (χ1v) is 5.35. The van der Waals surface area contributed by atoms with Crippen LogP contribution in [-0.2, 0) is 0 Å². The summed E-state index contributed by atoms with van der Waals surface area (Å²) in [7, 11) is 0. The summed E-state index contributed by atoms with van der Waals surface area (Å²) in [5.41, 5.74) is 6.42. The summed E-state index contributed by atoms with van der Waals surface area (Å²) in [6.07, 6.45) is 0.384. The van der Waals surface area contributed by atoms with Crippen molar-refractivity contribution in [1.29, 1.82) is 0 Å². The summed E-state index contributed by atoms with van der Waals surface area (Å²) in [5.74, 6) is -0.270. The van der Waals surface area contributed by atoms with Crippen molar-refractivity contribution in [3.05, 3.63) is 35.1 Å². The molecule has 0 fully saturated rings. The van der Waals surface area contributed by atoms with Gasteiger partial charge in [0.1, 0.15) is 5.82 Å². The maximum Gasteiger partial charge on any atom is 0.163 e. The van der Waals surface area contributed by atoms with Gasteiger partial charge in [0, 0.05) is 12.0 Å². The highest BCUT2D eigenvalue weighted by atomic mass is 19.1. The van der Waals surface area contributed by atoms with Gasteiger partial charge in [0.2, 0.25) is 0 Å². The van der Waals surface area contributed by atoms with Crippen LogP contribution in [0.3, 0.4) is 0 Å². The van der Waals surface area contributed by atoms with Gasteiger partial charge in [-0.1, -0.05) is 13.8 Å². The van der Waals surface area contributed by atoms with Crippen LogP contribution in [0.25, 0.3) is 0 Å². The molecule has 0 aliphatic heterocycles. The number of halogens is 1. The van der Waals surface area contributed by atoms with Crippen molar-refractivity contribution >= 4 is 5.78 Å². The fourth-order valence-corrected chi connectivity index (χ4v) is 1.43. The molecule has 0 saturated carbocycles. The smallest absolute Gasteiger partial charge is 0.163 e. The molecule has 2 N–H and O–H groups in total. The number of rotatable bonds is 4. The average molecular weight is 223 g/mol. The molecule has 2 nitrogen and oxygen atoms in total. The van der Waals surface area contributed by atoms with Gasteiger partial charge in [-0.3, -0.25) is 4.79 Å². The summed E-state index contributed by atoms with van der Waals surface area (Å²) in [5, 5.41) is 0. The molecule has 0 aromatic heterocycles. The molecule has 0 radical (unpaired) electrons. The van der Waals surface area contributed by atoms with Gasteiger partial charge in [-0.05, 0) is 42.6 Å². The maximum atomic E-state index is 13.0. The molecule has 0 aliphatic rings. The number of ketones is 1. The highest BCUT2D eigenvalue weighted by molar-refractivity contribution is 5.96. The summed E-state index contributed by atoms with van der Waals surface area (Å²) >= 11 is 0. The molecular formula is C13H18FNO. The first-order chi connectivity index (χ1) is 7.35. The Morgan fingerprint density at radius 3 is 2.56 bits per heavy atom. The summed E-state index contributed by atoms with van der Waals surface area (Å²) in [6, 6.07) is 4.44. The predicted octanol–water partition coefficient (Wildman–Crippen LogP) is 2.69. The third-order valence-corrected chi connectivity index (χ3v) is 2.67. The second kappa shape index (κ2) is 4.74. The van der Waals surface area contributed by atoms with E-state index in [2.05, 4.69) is 0 Å². The molecule has 3 heteroatoms. The van der Waals surface area contributed by atoms with E-state index < -0.39 is 0 Å². The van der Waals surface area contributed by atoms with Gasteiger partial charge in [0.05, 0.1) is 0 Å². The van der Waals surface area contributed by atoms with Crippen molar-refractivity contribution in [3.63, 3.8) is 0 Å². The third-order valence-electron chi connectivity index (χ3n) is 2.67. The SMILES string of the molecule is Cc1cc(C(=O)CC(C)(C)CN)ccc1F. The molecule has 1 aromatic carbocycles. The predicted molar refractivity (Wildman–Crippen MR) is 62.9 cm³/mol. The van der Waals surface area contributed by atoms with E-state index in [1.54, 1.807) is 13.0 Å². The zero-order valence-electron chi connectivity index (χ0n) is 10.0.